The quantitative estimate of drug-likeness (QED) is 0.797. The fourth-order valence-electron chi connectivity index (χ4n) is 2.62. The first-order valence-corrected chi connectivity index (χ1v) is 6.69. The number of carboxylic acids is 1. The highest BCUT2D eigenvalue weighted by Gasteiger charge is 2.44. The summed E-state index contributed by atoms with van der Waals surface area (Å²) in [7, 11) is 0. The second-order valence-corrected chi connectivity index (χ2v) is 5.40. The van der Waals surface area contributed by atoms with Crippen LogP contribution in [0.3, 0.4) is 0 Å². The van der Waals surface area contributed by atoms with E-state index in [1.807, 2.05) is 18.3 Å². The van der Waals surface area contributed by atoms with Crippen molar-refractivity contribution in [1.82, 2.24) is 10.3 Å². The van der Waals surface area contributed by atoms with E-state index in [-0.39, 0.29) is 12.5 Å². The minimum Gasteiger partial charge on any atom is -0.481 e. The van der Waals surface area contributed by atoms with Crippen LogP contribution >= 0.6 is 0 Å². The van der Waals surface area contributed by atoms with Crippen LogP contribution in [0.4, 0.5) is 0 Å². The Balaban J connectivity index is 1.71. The molecule has 1 aromatic carbocycles. The van der Waals surface area contributed by atoms with Crippen molar-refractivity contribution < 1.29 is 14.7 Å². The van der Waals surface area contributed by atoms with Crippen molar-refractivity contribution in [2.24, 2.45) is 5.41 Å². The predicted octanol–water partition coefficient (Wildman–Crippen LogP) is 2.15. The summed E-state index contributed by atoms with van der Waals surface area (Å²) in [5.41, 5.74) is 0.771. The van der Waals surface area contributed by atoms with Gasteiger partial charge in [0.1, 0.15) is 0 Å². The summed E-state index contributed by atoms with van der Waals surface area (Å²) < 4.78 is 0. The maximum Gasteiger partial charge on any atom is 0.311 e. The molecule has 1 aliphatic rings. The molecule has 5 heteroatoms. The van der Waals surface area contributed by atoms with Crippen molar-refractivity contribution in [1.29, 1.82) is 0 Å². The van der Waals surface area contributed by atoms with E-state index in [0.29, 0.717) is 18.4 Å². The fourth-order valence-corrected chi connectivity index (χ4v) is 2.62. The number of aliphatic carboxylic acids is 1. The lowest BCUT2D eigenvalue weighted by Gasteiger charge is -2.37. The van der Waals surface area contributed by atoms with Crippen molar-refractivity contribution in [3.05, 3.63) is 36.0 Å². The molecule has 5 nitrogen and oxygen atoms in total. The first-order chi connectivity index (χ1) is 9.61. The highest BCUT2D eigenvalue weighted by atomic mass is 16.4. The molecule has 20 heavy (non-hydrogen) atoms. The number of aromatic nitrogens is 1. The molecule has 1 aromatic heterocycles. The number of aromatic amines is 1. The Morgan fingerprint density at radius 2 is 2.10 bits per heavy atom. The van der Waals surface area contributed by atoms with Gasteiger partial charge in [0, 0.05) is 29.2 Å². The molecule has 1 saturated carbocycles. The van der Waals surface area contributed by atoms with Gasteiger partial charge in [0.2, 0.25) is 0 Å². The number of rotatable bonds is 4. The van der Waals surface area contributed by atoms with Gasteiger partial charge in [0.25, 0.3) is 5.91 Å². The summed E-state index contributed by atoms with van der Waals surface area (Å²) in [5.74, 6) is -1.04. The van der Waals surface area contributed by atoms with Gasteiger partial charge >= 0.3 is 5.97 Å². The molecule has 104 valence electrons. The van der Waals surface area contributed by atoms with Crippen LogP contribution in [0.2, 0.25) is 0 Å². The Morgan fingerprint density at radius 1 is 1.30 bits per heavy atom. The third-order valence-corrected chi connectivity index (χ3v) is 4.17. The SMILES string of the molecule is O=C(NCC1(C(=O)O)CCC1)c1ccc2[nH]ccc2c1. The second-order valence-electron chi connectivity index (χ2n) is 5.40. The van der Waals surface area contributed by atoms with Crippen molar-refractivity contribution >= 4 is 22.8 Å². The molecule has 1 aliphatic carbocycles. The molecule has 0 radical (unpaired) electrons. The van der Waals surface area contributed by atoms with Crippen molar-refractivity contribution in [3.63, 3.8) is 0 Å². The molecule has 1 fully saturated rings. The van der Waals surface area contributed by atoms with Gasteiger partial charge in [-0.15, -0.1) is 0 Å². The highest BCUT2D eigenvalue weighted by Crippen LogP contribution is 2.40. The third-order valence-electron chi connectivity index (χ3n) is 4.17. The van der Waals surface area contributed by atoms with Crippen LogP contribution < -0.4 is 5.32 Å². The normalized spacial score (nSPS) is 16.6. The Bertz CT molecular complexity index is 671. The Hall–Kier alpha value is -2.30. The number of H-pyrrole nitrogens is 1. The average Bonchev–Trinajstić information content (AvgIpc) is 2.83. The van der Waals surface area contributed by atoms with E-state index >= 15 is 0 Å². The number of carbonyl (C=O) groups is 2. The van der Waals surface area contributed by atoms with Gasteiger partial charge in [-0.1, -0.05) is 6.42 Å². The average molecular weight is 272 g/mol. The number of hydrogen-bond donors (Lipinski definition) is 3. The number of carboxylic acid groups (broad SMARTS) is 1. The van der Waals surface area contributed by atoms with Crippen molar-refractivity contribution in [3.8, 4) is 0 Å². The lowest BCUT2D eigenvalue weighted by molar-refractivity contribution is -0.153. The molecule has 0 saturated heterocycles. The molecule has 0 bridgehead atoms. The summed E-state index contributed by atoms with van der Waals surface area (Å²) in [6.45, 7) is 0.201. The largest absolute Gasteiger partial charge is 0.481 e. The standard InChI is InChI=1S/C15H16N2O3/c18-13(17-9-15(14(19)20)5-1-6-15)11-2-3-12-10(8-11)4-7-16-12/h2-4,7-8,16H,1,5-6,9H2,(H,17,18)(H,19,20). The summed E-state index contributed by atoms with van der Waals surface area (Å²) in [5, 5.41) is 12.9. The minimum absolute atomic E-state index is 0.201. The number of benzene rings is 1. The van der Waals surface area contributed by atoms with Gasteiger partial charge in [-0.25, -0.2) is 0 Å². The van der Waals surface area contributed by atoms with E-state index in [1.165, 1.54) is 0 Å². The second kappa shape index (κ2) is 4.67. The maximum absolute atomic E-state index is 12.1. The highest BCUT2D eigenvalue weighted by molar-refractivity contribution is 5.98. The summed E-state index contributed by atoms with van der Waals surface area (Å²) in [4.78, 5) is 26.4. The molecule has 1 heterocycles. The molecule has 3 rings (SSSR count). The molecule has 3 N–H and O–H groups in total. The van der Waals surface area contributed by atoms with E-state index in [0.717, 1.165) is 17.3 Å². The molecule has 0 spiro atoms. The molecular weight excluding hydrogens is 256 g/mol. The predicted molar refractivity (Wildman–Crippen MR) is 74.6 cm³/mol. The Labute approximate surface area is 116 Å². The number of nitrogens with one attached hydrogen (secondary N) is 2. The Kier molecular flexibility index (Phi) is 2.97. The lowest BCUT2D eigenvalue weighted by Crippen LogP contribution is -2.47. The van der Waals surface area contributed by atoms with E-state index in [2.05, 4.69) is 10.3 Å². The van der Waals surface area contributed by atoms with Crippen LogP contribution in [-0.2, 0) is 4.79 Å². The zero-order valence-corrected chi connectivity index (χ0v) is 11.0. The van der Waals surface area contributed by atoms with E-state index in [4.69, 9.17) is 0 Å². The number of amides is 1. The molecule has 2 aromatic rings. The topological polar surface area (TPSA) is 82.2 Å². The summed E-state index contributed by atoms with van der Waals surface area (Å²) in [6, 6.07) is 7.29. The first kappa shape index (κ1) is 12.7. The number of fused-ring (bicyclic) bond motifs is 1. The summed E-state index contributed by atoms with van der Waals surface area (Å²) in [6.07, 6.45) is 4.01. The number of hydrogen-bond acceptors (Lipinski definition) is 2. The molecular formula is C15H16N2O3. The Morgan fingerprint density at radius 3 is 2.75 bits per heavy atom. The van der Waals surface area contributed by atoms with Gasteiger partial charge in [-0.3, -0.25) is 9.59 Å². The van der Waals surface area contributed by atoms with E-state index in [1.54, 1.807) is 12.1 Å². The lowest BCUT2D eigenvalue weighted by atomic mass is 9.69. The molecule has 1 amide bonds. The van der Waals surface area contributed by atoms with Crippen LogP contribution in [0.1, 0.15) is 29.6 Å². The number of carbonyl (C=O) groups excluding carboxylic acids is 1. The monoisotopic (exact) mass is 272 g/mol. The van der Waals surface area contributed by atoms with Crippen LogP contribution in [0.25, 0.3) is 10.9 Å². The van der Waals surface area contributed by atoms with Crippen molar-refractivity contribution in [2.45, 2.75) is 19.3 Å². The van der Waals surface area contributed by atoms with Gasteiger partial charge in [-0.05, 0) is 37.1 Å². The van der Waals surface area contributed by atoms with Crippen molar-refractivity contribution in [2.75, 3.05) is 6.54 Å². The smallest absolute Gasteiger partial charge is 0.311 e. The van der Waals surface area contributed by atoms with E-state index < -0.39 is 11.4 Å². The van der Waals surface area contributed by atoms with Gasteiger partial charge in [-0.2, -0.15) is 0 Å². The minimum atomic E-state index is -0.815. The first-order valence-electron chi connectivity index (χ1n) is 6.69. The molecule has 0 unspecified atom stereocenters. The van der Waals surface area contributed by atoms with E-state index in [9.17, 15) is 14.7 Å². The van der Waals surface area contributed by atoms with Crippen LogP contribution in [0.15, 0.2) is 30.5 Å². The van der Waals surface area contributed by atoms with Gasteiger partial charge in [0.05, 0.1) is 5.41 Å². The van der Waals surface area contributed by atoms with Crippen LogP contribution in [-0.4, -0.2) is 28.5 Å². The fraction of sp³-hybridized carbons (Fsp3) is 0.333. The van der Waals surface area contributed by atoms with Gasteiger partial charge < -0.3 is 15.4 Å². The third kappa shape index (κ3) is 2.05. The zero-order chi connectivity index (χ0) is 14.2. The summed E-state index contributed by atoms with van der Waals surface area (Å²) >= 11 is 0. The molecule has 0 aliphatic heterocycles. The van der Waals surface area contributed by atoms with Crippen LogP contribution in [0.5, 0.6) is 0 Å². The van der Waals surface area contributed by atoms with Gasteiger partial charge in [0.15, 0.2) is 0 Å². The van der Waals surface area contributed by atoms with Crippen LogP contribution in [0, 0.1) is 5.41 Å². The molecule has 0 atom stereocenters. The zero-order valence-electron chi connectivity index (χ0n) is 11.0. The maximum atomic E-state index is 12.1.